The summed E-state index contributed by atoms with van der Waals surface area (Å²) in [5.74, 6) is -0.0368. The molecule has 0 aromatic carbocycles. The van der Waals surface area contributed by atoms with Gasteiger partial charge < -0.3 is 20.5 Å². The third kappa shape index (κ3) is 3.50. The number of aromatic nitrogens is 1. The molecule has 0 saturated carbocycles. The SMILES string of the molecule is CCn1cc(N)cc1C(=O)NC(C)CN1CCCC1. The van der Waals surface area contributed by atoms with Crippen molar-refractivity contribution in [1.29, 1.82) is 0 Å². The van der Waals surface area contributed by atoms with Gasteiger partial charge >= 0.3 is 0 Å². The molecule has 1 saturated heterocycles. The lowest BCUT2D eigenvalue weighted by Crippen LogP contribution is -2.41. The smallest absolute Gasteiger partial charge is 0.268 e. The number of aryl methyl sites for hydroxylation is 1. The maximum atomic E-state index is 12.2. The van der Waals surface area contributed by atoms with E-state index >= 15 is 0 Å². The van der Waals surface area contributed by atoms with E-state index in [4.69, 9.17) is 5.73 Å². The van der Waals surface area contributed by atoms with Gasteiger partial charge in [0, 0.05) is 25.3 Å². The molecule has 5 nitrogen and oxygen atoms in total. The fraction of sp³-hybridized carbons (Fsp3) is 0.643. The second kappa shape index (κ2) is 6.10. The number of nitrogens with one attached hydrogen (secondary N) is 1. The zero-order chi connectivity index (χ0) is 13.8. The number of amides is 1. The first-order valence-electron chi connectivity index (χ1n) is 7.09. The van der Waals surface area contributed by atoms with Crippen LogP contribution in [0.4, 0.5) is 5.69 Å². The summed E-state index contributed by atoms with van der Waals surface area (Å²) in [6.45, 7) is 8.04. The summed E-state index contributed by atoms with van der Waals surface area (Å²) in [5, 5.41) is 3.05. The van der Waals surface area contributed by atoms with Crippen molar-refractivity contribution in [3.63, 3.8) is 0 Å². The molecule has 1 aliphatic heterocycles. The Morgan fingerprint density at radius 2 is 2.16 bits per heavy atom. The minimum atomic E-state index is -0.0368. The number of nitrogen functional groups attached to an aromatic ring is 1. The number of nitrogens with zero attached hydrogens (tertiary/aromatic N) is 2. The summed E-state index contributed by atoms with van der Waals surface area (Å²) >= 11 is 0. The molecule has 5 heteroatoms. The Bertz CT molecular complexity index is 435. The van der Waals surface area contributed by atoms with E-state index in [0.29, 0.717) is 11.4 Å². The van der Waals surface area contributed by atoms with Crippen LogP contribution in [0.15, 0.2) is 12.3 Å². The fourth-order valence-corrected chi connectivity index (χ4v) is 2.68. The molecule has 106 valence electrons. The minimum Gasteiger partial charge on any atom is -0.397 e. The molecule has 1 unspecified atom stereocenters. The predicted molar refractivity (Wildman–Crippen MR) is 77.1 cm³/mol. The van der Waals surface area contributed by atoms with Crippen LogP contribution in [0.1, 0.15) is 37.2 Å². The summed E-state index contributed by atoms with van der Waals surface area (Å²) in [6, 6.07) is 1.90. The molecule has 0 aliphatic carbocycles. The molecule has 0 radical (unpaired) electrons. The summed E-state index contributed by atoms with van der Waals surface area (Å²) in [6.07, 6.45) is 4.35. The van der Waals surface area contributed by atoms with E-state index < -0.39 is 0 Å². The largest absolute Gasteiger partial charge is 0.397 e. The topological polar surface area (TPSA) is 63.3 Å². The Morgan fingerprint density at radius 3 is 2.79 bits per heavy atom. The van der Waals surface area contributed by atoms with Crippen molar-refractivity contribution in [3.8, 4) is 0 Å². The van der Waals surface area contributed by atoms with Crippen molar-refractivity contribution in [2.45, 2.75) is 39.3 Å². The first-order valence-corrected chi connectivity index (χ1v) is 7.09. The standard InChI is InChI=1S/C14H24N4O/c1-3-18-10-12(15)8-13(18)14(19)16-11(2)9-17-6-4-5-7-17/h8,10-11H,3-7,9,15H2,1-2H3,(H,16,19). The van der Waals surface area contributed by atoms with Crippen LogP contribution >= 0.6 is 0 Å². The summed E-state index contributed by atoms with van der Waals surface area (Å²) in [4.78, 5) is 14.6. The lowest BCUT2D eigenvalue weighted by atomic mass is 10.3. The van der Waals surface area contributed by atoms with E-state index in [1.807, 2.05) is 11.5 Å². The van der Waals surface area contributed by atoms with Crippen molar-refractivity contribution in [1.82, 2.24) is 14.8 Å². The van der Waals surface area contributed by atoms with Gasteiger partial charge in [-0.05, 0) is 45.8 Å². The van der Waals surface area contributed by atoms with E-state index in [-0.39, 0.29) is 11.9 Å². The number of anilines is 1. The average molecular weight is 264 g/mol. The van der Waals surface area contributed by atoms with Crippen LogP contribution in [0.3, 0.4) is 0 Å². The van der Waals surface area contributed by atoms with Crippen LogP contribution in [-0.4, -0.2) is 41.1 Å². The normalized spacial score (nSPS) is 17.6. The van der Waals surface area contributed by atoms with E-state index in [9.17, 15) is 4.79 Å². The van der Waals surface area contributed by atoms with Gasteiger partial charge in [0.2, 0.25) is 0 Å². The molecule has 0 bridgehead atoms. The van der Waals surface area contributed by atoms with E-state index in [1.54, 1.807) is 12.3 Å². The average Bonchev–Trinajstić information content (AvgIpc) is 2.97. The third-order valence-electron chi connectivity index (χ3n) is 3.60. The van der Waals surface area contributed by atoms with Gasteiger partial charge in [-0.2, -0.15) is 0 Å². The van der Waals surface area contributed by atoms with Crippen molar-refractivity contribution in [3.05, 3.63) is 18.0 Å². The van der Waals surface area contributed by atoms with Crippen molar-refractivity contribution < 1.29 is 4.79 Å². The second-order valence-corrected chi connectivity index (χ2v) is 5.33. The number of hydrogen-bond donors (Lipinski definition) is 2. The molecule has 19 heavy (non-hydrogen) atoms. The van der Waals surface area contributed by atoms with E-state index in [1.165, 1.54) is 12.8 Å². The number of nitrogens with two attached hydrogens (primary N) is 1. The maximum Gasteiger partial charge on any atom is 0.268 e. The predicted octanol–water partition coefficient (Wildman–Crippen LogP) is 1.30. The highest BCUT2D eigenvalue weighted by molar-refractivity contribution is 5.94. The molecular formula is C14H24N4O. The van der Waals surface area contributed by atoms with Gasteiger partial charge in [-0.15, -0.1) is 0 Å². The van der Waals surface area contributed by atoms with Gasteiger partial charge in [0.1, 0.15) is 5.69 Å². The Morgan fingerprint density at radius 1 is 1.47 bits per heavy atom. The summed E-state index contributed by atoms with van der Waals surface area (Å²) in [7, 11) is 0. The number of likely N-dealkylation sites (tertiary alicyclic amines) is 1. The molecular weight excluding hydrogens is 240 g/mol. The first-order chi connectivity index (χ1) is 9.10. The van der Waals surface area contributed by atoms with Gasteiger partial charge in [-0.1, -0.05) is 0 Å². The van der Waals surface area contributed by atoms with Crippen LogP contribution in [0.5, 0.6) is 0 Å². The molecule has 1 aromatic rings. The Balaban J connectivity index is 1.92. The minimum absolute atomic E-state index is 0.0368. The quantitative estimate of drug-likeness (QED) is 0.842. The highest BCUT2D eigenvalue weighted by Crippen LogP contribution is 2.11. The number of carbonyl (C=O) groups is 1. The molecule has 1 aromatic heterocycles. The Kier molecular flexibility index (Phi) is 4.47. The first kappa shape index (κ1) is 13.9. The molecule has 1 fully saturated rings. The van der Waals surface area contributed by atoms with Gasteiger partial charge in [0.15, 0.2) is 0 Å². The lowest BCUT2D eigenvalue weighted by Gasteiger charge is -2.21. The van der Waals surface area contributed by atoms with Crippen LogP contribution in [0, 0.1) is 0 Å². The van der Waals surface area contributed by atoms with Gasteiger partial charge in [-0.3, -0.25) is 4.79 Å². The Labute approximate surface area is 114 Å². The monoisotopic (exact) mass is 264 g/mol. The molecule has 1 amide bonds. The number of rotatable bonds is 5. The van der Waals surface area contributed by atoms with Gasteiger partial charge in [0.05, 0.1) is 5.69 Å². The second-order valence-electron chi connectivity index (χ2n) is 5.33. The summed E-state index contributed by atoms with van der Waals surface area (Å²) < 4.78 is 1.88. The van der Waals surface area contributed by atoms with Crippen LogP contribution in [0.2, 0.25) is 0 Å². The van der Waals surface area contributed by atoms with E-state index in [2.05, 4.69) is 17.1 Å². The van der Waals surface area contributed by atoms with E-state index in [0.717, 1.165) is 26.2 Å². The zero-order valence-electron chi connectivity index (χ0n) is 11.9. The van der Waals surface area contributed by atoms with Crippen LogP contribution < -0.4 is 11.1 Å². The Hall–Kier alpha value is -1.49. The summed E-state index contributed by atoms with van der Waals surface area (Å²) in [5.41, 5.74) is 7.03. The van der Waals surface area contributed by atoms with Crippen molar-refractivity contribution >= 4 is 11.6 Å². The molecule has 1 atom stereocenters. The number of hydrogen-bond acceptors (Lipinski definition) is 3. The fourth-order valence-electron chi connectivity index (χ4n) is 2.68. The molecule has 2 rings (SSSR count). The highest BCUT2D eigenvalue weighted by Gasteiger charge is 2.18. The van der Waals surface area contributed by atoms with Crippen LogP contribution in [-0.2, 0) is 6.54 Å². The third-order valence-corrected chi connectivity index (χ3v) is 3.60. The highest BCUT2D eigenvalue weighted by atomic mass is 16.2. The molecule has 3 N–H and O–H groups in total. The zero-order valence-corrected chi connectivity index (χ0v) is 11.9. The molecule has 2 heterocycles. The molecule has 1 aliphatic rings. The maximum absolute atomic E-state index is 12.2. The van der Waals surface area contributed by atoms with Gasteiger partial charge in [-0.25, -0.2) is 0 Å². The molecule has 0 spiro atoms. The van der Waals surface area contributed by atoms with Crippen LogP contribution in [0.25, 0.3) is 0 Å². The van der Waals surface area contributed by atoms with Crippen molar-refractivity contribution in [2.75, 3.05) is 25.4 Å². The van der Waals surface area contributed by atoms with Gasteiger partial charge in [0.25, 0.3) is 5.91 Å². The lowest BCUT2D eigenvalue weighted by molar-refractivity contribution is 0.0922. The number of carbonyl (C=O) groups excluding carboxylic acids is 1. The van der Waals surface area contributed by atoms with Crippen molar-refractivity contribution in [2.24, 2.45) is 0 Å².